The fourth-order valence-corrected chi connectivity index (χ4v) is 3.32. The van der Waals surface area contributed by atoms with Crippen LogP contribution in [0.2, 0.25) is 0 Å². The molecule has 0 radical (unpaired) electrons. The number of guanidine groups is 1. The van der Waals surface area contributed by atoms with Crippen molar-refractivity contribution in [2.75, 3.05) is 46.9 Å². The summed E-state index contributed by atoms with van der Waals surface area (Å²) in [6.07, 6.45) is 3.85. The molecule has 8 heteroatoms. The van der Waals surface area contributed by atoms with Gasteiger partial charge in [-0.3, -0.25) is 9.67 Å². The molecule has 1 aliphatic rings. The lowest BCUT2D eigenvalue weighted by atomic mass is 10.1. The lowest BCUT2D eigenvalue weighted by Gasteiger charge is -2.35. The van der Waals surface area contributed by atoms with Crippen molar-refractivity contribution in [3.05, 3.63) is 53.6 Å². The van der Waals surface area contributed by atoms with Gasteiger partial charge in [-0.15, -0.1) is 0 Å². The molecule has 1 fully saturated rings. The van der Waals surface area contributed by atoms with Crippen molar-refractivity contribution < 1.29 is 9.13 Å². The van der Waals surface area contributed by atoms with Crippen molar-refractivity contribution in [1.82, 2.24) is 24.9 Å². The van der Waals surface area contributed by atoms with Gasteiger partial charge in [0.15, 0.2) is 5.96 Å². The van der Waals surface area contributed by atoms with Crippen LogP contribution in [0.4, 0.5) is 4.39 Å². The zero-order chi connectivity index (χ0) is 19.9. The number of likely N-dealkylation sites (N-methyl/N-ethyl adjacent to an activating group) is 1. The number of rotatable bonds is 6. The minimum Gasteiger partial charge on any atom is -0.370 e. The molecular formula is C20H29FN6O. The average molecular weight is 388 g/mol. The smallest absolute Gasteiger partial charge is 0.193 e. The number of aryl methyl sites for hydroxylation is 1. The maximum Gasteiger partial charge on any atom is 0.193 e. The van der Waals surface area contributed by atoms with Crippen molar-refractivity contribution in [1.29, 1.82) is 0 Å². The number of morpholine rings is 1. The summed E-state index contributed by atoms with van der Waals surface area (Å²) in [4.78, 5) is 8.85. The minimum atomic E-state index is -0.202. The van der Waals surface area contributed by atoms with E-state index in [2.05, 4.69) is 32.3 Å². The third-order valence-electron chi connectivity index (χ3n) is 4.82. The van der Waals surface area contributed by atoms with E-state index in [1.807, 2.05) is 31.6 Å². The Hall–Kier alpha value is -2.45. The summed E-state index contributed by atoms with van der Waals surface area (Å²) in [6, 6.07) is 6.65. The van der Waals surface area contributed by atoms with Crippen LogP contribution in [0.25, 0.3) is 0 Å². The predicted molar refractivity (Wildman–Crippen MR) is 108 cm³/mol. The van der Waals surface area contributed by atoms with Crippen molar-refractivity contribution >= 4 is 5.96 Å². The van der Waals surface area contributed by atoms with E-state index in [0.29, 0.717) is 6.61 Å². The first-order valence-corrected chi connectivity index (χ1v) is 9.54. The fraction of sp³-hybridized carbons (Fsp3) is 0.500. The van der Waals surface area contributed by atoms with Crippen LogP contribution < -0.4 is 5.32 Å². The highest BCUT2D eigenvalue weighted by Gasteiger charge is 2.25. The molecule has 1 atom stereocenters. The van der Waals surface area contributed by atoms with Gasteiger partial charge in [-0.05, 0) is 24.7 Å². The number of hydrogen-bond acceptors (Lipinski definition) is 4. The Labute approximate surface area is 165 Å². The third-order valence-corrected chi connectivity index (χ3v) is 4.82. The maximum atomic E-state index is 13.0. The lowest BCUT2D eigenvalue weighted by Crippen LogP contribution is -2.49. The molecule has 2 heterocycles. The summed E-state index contributed by atoms with van der Waals surface area (Å²) in [6.45, 7) is 4.62. The van der Waals surface area contributed by atoms with E-state index in [9.17, 15) is 4.39 Å². The van der Waals surface area contributed by atoms with Gasteiger partial charge >= 0.3 is 0 Å². The van der Waals surface area contributed by atoms with Gasteiger partial charge in [0.05, 0.1) is 19.3 Å². The second-order valence-corrected chi connectivity index (χ2v) is 7.09. The third kappa shape index (κ3) is 5.53. The molecule has 7 nitrogen and oxygen atoms in total. The number of halogens is 1. The molecule has 1 aromatic carbocycles. The van der Waals surface area contributed by atoms with Crippen LogP contribution in [0.15, 0.2) is 41.7 Å². The summed E-state index contributed by atoms with van der Waals surface area (Å²) < 4.78 is 20.7. The molecule has 1 saturated heterocycles. The number of aromatic nitrogens is 2. The van der Waals surface area contributed by atoms with Crippen molar-refractivity contribution in [3.63, 3.8) is 0 Å². The molecule has 0 aliphatic carbocycles. The van der Waals surface area contributed by atoms with Gasteiger partial charge in [-0.25, -0.2) is 4.39 Å². The van der Waals surface area contributed by atoms with Crippen LogP contribution in [-0.2, 0) is 18.3 Å². The normalized spacial score (nSPS) is 18.0. The van der Waals surface area contributed by atoms with Gasteiger partial charge in [0.2, 0.25) is 0 Å². The largest absolute Gasteiger partial charge is 0.370 e. The Kier molecular flexibility index (Phi) is 7.00. The van der Waals surface area contributed by atoms with Gasteiger partial charge < -0.3 is 19.9 Å². The van der Waals surface area contributed by atoms with E-state index in [0.717, 1.165) is 49.8 Å². The summed E-state index contributed by atoms with van der Waals surface area (Å²) in [5, 5.41) is 7.68. The average Bonchev–Trinajstić information content (AvgIpc) is 3.14. The van der Waals surface area contributed by atoms with E-state index in [4.69, 9.17) is 4.74 Å². The Morgan fingerprint density at radius 3 is 2.86 bits per heavy atom. The molecular weight excluding hydrogens is 359 g/mol. The zero-order valence-corrected chi connectivity index (χ0v) is 16.8. The molecule has 0 amide bonds. The quantitative estimate of drug-likeness (QED) is 0.602. The van der Waals surface area contributed by atoms with Crippen LogP contribution in [0.1, 0.15) is 17.2 Å². The summed E-state index contributed by atoms with van der Waals surface area (Å²) in [7, 11) is 5.77. The van der Waals surface area contributed by atoms with Gasteiger partial charge in [-0.1, -0.05) is 12.1 Å². The van der Waals surface area contributed by atoms with Gasteiger partial charge in [-0.2, -0.15) is 5.10 Å². The second kappa shape index (κ2) is 9.66. The second-order valence-electron chi connectivity index (χ2n) is 7.09. The first-order chi connectivity index (χ1) is 13.5. The fourth-order valence-electron chi connectivity index (χ4n) is 3.32. The molecule has 152 valence electrons. The standard InChI is InChI=1S/C20H29FN6O/c1-22-20(23-8-9-25(2)13-16-4-6-18(21)7-5-16)27-10-11-28-19(15-27)17-12-24-26(3)14-17/h4-7,12,14,19H,8-11,13,15H2,1-3H3,(H,22,23). The number of nitrogens with zero attached hydrogens (tertiary/aromatic N) is 5. The molecule has 2 aromatic rings. The monoisotopic (exact) mass is 388 g/mol. The van der Waals surface area contributed by atoms with Crippen LogP contribution in [0, 0.1) is 5.82 Å². The van der Waals surface area contributed by atoms with Crippen molar-refractivity contribution in [2.45, 2.75) is 12.6 Å². The molecule has 0 bridgehead atoms. The highest BCUT2D eigenvalue weighted by Crippen LogP contribution is 2.21. The van der Waals surface area contributed by atoms with E-state index in [1.165, 1.54) is 12.1 Å². The zero-order valence-electron chi connectivity index (χ0n) is 16.8. The maximum absolute atomic E-state index is 13.0. The number of ether oxygens (including phenoxy) is 1. The Bertz CT molecular complexity index is 775. The first-order valence-electron chi connectivity index (χ1n) is 9.54. The molecule has 1 aliphatic heterocycles. The summed E-state index contributed by atoms with van der Waals surface area (Å²) in [5.41, 5.74) is 2.18. The van der Waals surface area contributed by atoms with Crippen molar-refractivity contribution in [2.24, 2.45) is 12.0 Å². The summed E-state index contributed by atoms with van der Waals surface area (Å²) in [5.74, 6) is 0.680. The van der Waals surface area contributed by atoms with Gasteiger partial charge in [0.1, 0.15) is 11.9 Å². The number of benzene rings is 1. The Balaban J connectivity index is 1.46. The molecule has 0 spiro atoms. The predicted octanol–water partition coefficient (Wildman–Crippen LogP) is 1.64. The number of nitrogens with one attached hydrogen (secondary N) is 1. The first kappa shape index (κ1) is 20.3. The number of hydrogen-bond donors (Lipinski definition) is 1. The van der Waals surface area contributed by atoms with Gasteiger partial charge in [0, 0.05) is 52.0 Å². The Morgan fingerprint density at radius 2 is 2.18 bits per heavy atom. The van der Waals surface area contributed by atoms with E-state index in [1.54, 1.807) is 11.7 Å². The molecule has 1 N–H and O–H groups in total. The highest BCUT2D eigenvalue weighted by atomic mass is 19.1. The van der Waals surface area contributed by atoms with Crippen LogP contribution in [0.3, 0.4) is 0 Å². The van der Waals surface area contributed by atoms with Crippen LogP contribution in [0.5, 0.6) is 0 Å². The Morgan fingerprint density at radius 1 is 1.39 bits per heavy atom. The molecule has 1 unspecified atom stereocenters. The van der Waals surface area contributed by atoms with E-state index >= 15 is 0 Å². The highest BCUT2D eigenvalue weighted by molar-refractivity contribution is 5.80. The summed E-state index contributed by atoms with van der Waals surface area (Å²) >= 11 is 0. The lowest BCUT2D eigenvalue weighted by molar-refractivity contribution is -0.00804. The van der Waals surface area contributed by atoms with Crippen LogP contribution in [-0.4, -0.2) is 72.4 Å². The van der Waals surface area contributed by atoms with Gasteiger partial charge in [0.25, 0.3) is 0 Å². The molecule has 1 aromatic heterocycles. The van der Waals surface area contributed by atoms with Crippen LogP contribution >= 0.6 is 0 Å². The minimum absolute atomic E-state index is 0.00199. The van der Waals surface area contributed by atoms with E-state index < -0.39 is 0 Å². The topological polar surface area (TPSA) is 57.9 Å². The molecule has 0 saturated carbocycles. The van der Waals surface area contributed by atoms with E-state index in [-0.39, 0.29) is 11.9 Å². The number of aliphatic imine (C=N–C) groups is 1. The SMILES string of the molecule is CN=C(NCCN(C)Cc1ccc(F)cc1)N1CCOC(c2cnn(C)c2)C1. The molecule has 28 heavy (non-hydrogen) atoms. The molecule has 3 rings (SSSR count). The van der Waals surface area contributed by atoms with Crippen molar-refractivity contribution in [3.8, 4) is 0 Å².